The maximum atomic E-state index is 4.50. The maximum absolute atomic E-state index is 4.50. The van der Waals surface area contributed by atoms with E-state index < -0.39 is 0 Å². The summed E-state index contributed by atoms with van der Waals surface area (Å²) in [7, 11) is 2.19. The van der Waals surface area contributed by atoms with E-state index >= 15 is 0 Å². The molecule has 0 radical (unpaired) electrons. The van der Waals surface area contributed by atoms with E-state index in [0.29, 0.717) is 0 Å². The first-order valence-corrected chi connectivity index (χ1v) is 12.0. The zero-order valence-corrected chi connectivity index (χ0v) is 19.1. The van der Waals surface area contributed by atoms with Crippen molar-refractivity contribution in [3.05, 3.63) is 65.6 Å². The van der Waals surface area contributed by atoms with Crippen LogP contribution in [0.2, 0.25) is 0 Å². The number of rotatable bonds is 2. The number of aromatic nitrogens is 3. The third kappa shape index (κ3) is 2.31. The summed E-state index contributed by atoms with van der Waals surface area (Å²) in [6, 6.07) is 11.8. The summed E-state index contributed by atoms with van der Waals surface area (Å²) >= 11 is 0. The second-order valence-corrected chi connectivity index (χ2v) is 10.0. The molecule has 158 valence electrons. The fourth-order valence-electron chi connectivity index (χ4n) is 6.48. The predicted octanol–water partition coefficient (Wildman–Crippen LogP) is 6.56. The van der Waals surface area contributed by atoms with E-state index in [4.69, 9.17) is 0 Å². The molecule has 1 saturated carbocycles. The fourth-order valence-corrected chi connectivity index (χ4v) is 6.48. The summed E-state index contributed by atoms with van der Waals surface area (Å²) in [5, 5.41) is 6.67. The van der Waals surface area contributed by atoms with Gasteiger partial charge in [-0.15, -0.1) is 0 Å². The van der Waals surface area contributed by atoms with Gasteiger partial charge in [-0.3, -0.25) is 4.98 Å². The van der Waals surface area contributed by atoms with E-state index in [-0.39, 0.29) is 0 Å². The zero-order valence-electron chi connectivity index (χ0n) is 19.1. The molecule has 0 spiro atoms. The molecule has 0 bridgehead atoms. The van der Waals surface area contributed by atoms with Gasteiger partial charge < -0.3 is 4.40 Å². The molecule has 4 aromatic heterocycles. The Morgan fingerprint density at radius 2 is 1.84 bits per heavy atom. The summed E-state index contributed by atoms with van der Waals surface area (Å²) in [5.74, 6) is 0.838. The van der Waals surface area contributed by atoms with Gasteiger partial charge >= 0.3 is 0 Å². The Bertz CT molecular complexity index is 1680. The van der Waals surface area contributed by atoms with Gasteiger partial charge in [0.15, 0.2) is 6.20 Å². The molecule has 0 aliphatic heterocycles. The highest BCUT2D eigenvalue weighted by Gasteiger charge is 2.25. The van der Waals surface area contributed by atoms with Crippen molar-refractivity contribution in [2.75, 3.05) is 0 Å². The Hall–Kier alpha value is -3.20. The summed E-state index contributed by atoms with van der Waals surface area (Å²) in [5.41, 5.74) is 9.48. The van der Waals surface area contributed by atoms with Gasteiger partial charge in [-0.05, 0) is 66.5 Å². The van der Waals surface area contributed by atoms with Crippen LogP contribution >= 0.6 is 0 Å². The molecule has 1 aliphatic carbocycles. The molecule has 0 unspecified atom stereocenters. The van der Waals surface area contributed by atoms with Crippen LogP contribution in [0.5, 0.6) is 0 Å². The van der Waals surface area contributed by atoms with Crippen molar-refractivity contribution in [1.29, 1.82) is 0 Å². The molecule has 0 saturated heterocycles. The lowest BCUT2D eigenvalue weighted by atomic mass is 9.93. The number of hydrogen-bond donors (Lipinski definition) is 0. The normalized spacial score (nSPS) is 15.5. The Balaban J connectivity index is 1.75. The molecule has 4 heterocycles. The van der Waals surface area contributed by atoms with E-state index in [9.17, 15) is 0 Å². The van der Waals surface area contributed by atoms with E-state index in [1.807, 2.05) is 12.4 Å². The molecule has 3 heteroatoms. The van der Waals surface area contributed by atoms with Crippen molar-refractivity contribution in [3.63, 3.8) is 0 Å². The summed E-state index contributed by atoms with van der Waals surface area (Å²) in [6.45, 7) is 4.52. The average Bonchev–Trinajstić information content (AvgIpc) is 3.42. The minimum absolute atomic E-state index is 0.838. The number of benzene rings is 2. The number of aryl methyl sites for hydroxylation is 3. The van der Waals surface area contributed by atoms with Crippen molar-refractivity contribution in [3.8, 4) is 0 Å². The Morgan fingerprint density at radius 1 is 1.00 bits per heavy atom. The molecule has 0 amide bonds. The van der Waals surface area contributed by atoms with E-state index in [2.05, 4.69) is 71.4 Å². The van der Waals surface area contributed by atoms with E-state index in [1.165, 1.54) is 97.8 Å². The van der Waals surface area contributed by atoms with Gasteiger partial charge in [0.25, 0.3) is 0 Å². The van der Waals surface area contributed by atoms with Crippen molar-refractivity contribution in [2.24, 2.45) is 13.0 Å². The Labute approximate surface area is 187 Å². The molecule has 7 rings (SSSR count). The highest BCUT2D eigenvalue weighted by atomic mass is 15.0. The Morgan fingerprint density at radius 3 is 2.69 bits per heavy atom. The van der Waals surface area contributed by atoms with Gasteiger partial charge in [0.05, 0.1) is 27.3 Å². The average molecular weight is 419 g/mol. The second kappa shape index (κ2) is 6.41. The maximum Gasteiger partial charge on any atom is 0.224 e. The molecular weight excluding hydrogens is 390 g/mol. The highest BCUT2D eigenvalue weighted by Crippen LogP contribution is 2.42. The molecule has 1 aliphatic rings. The number of hydrogen-bond acceptors (Lipinski definition) is 1. The van der Waals surface area contributed by atoms with Crippen molar-refractivity contribution >= 4 is 49.0 Å². The van der Waals surface area contributed by atoms with E-state index in [0.717, 1.165) is 5.92 Å². The lowest BCUT2D eigenvalue weighted by Crippen LogP contribution is -2.29. The third-order valence-electron chi connectivity index (χ3n) is 8.12. The van der Waals surface area contributed by atoms with Crippen LogP contribution < -0.4 is 4.57 Å². The lowest BCUT2D eigenvalue weighted by molar-refractivity contribution is -0.643. The van der Waals surface area contributed by atoms with Gasteiger partial charge in [0.2, 0.25) is 5.52 Å². The fraction of sp³-hybridized carbons (Fsp3) is 0.310. The number of pyridine rings is 3. The summed E-state index contributed by atoms with van der Waals surface area (Å²) in [6.07, 6.45) is 13.0. The smallest absolute Gasteiger partial charge is 0.224 e. The summed E-state index contributed by atoms with van der Waals surface area (Å²) < 4.78 is 4.85. The summed E-state index contributed by atoms with van der Waals surface area (Å²) in [4.78, 5) is 4.50. The van der Waals surface area contributed by atoms with Crippen LogP contribution in [0.3, 0.4) is 0 Å². The molecule has 0 N–H and O–H groups in total. The molecule has 2 aromatic carbocycles. The topological polar surface area (TPSA) is 21.2 Å². The minimum atomic E-state index is 0.838. The van der Waals surface area contributed by atoms with Gasteiger partial charge in [-0.1, -0.05) is 31.7 Å². The molecule has 1 fully saturated rings. The van der Waals surface area contributed by atoms with Crippen LogP contribution in [-0.2, 0) is 13.5 Å². The molecule has 0 atom stereocenters. The third-order valence-corrected chi connectivity index (χ3v) is 8.12. The van der Waals surface area contributed by atoms with Crippen LogP contribution in [0.1, 0.15) is 42.4 Å². The molecule has 6 aromatic rings. The predicted molar refractivity (Wildman–Crippen MR) is 133 cm³/mol. The molecule has 3 nitrogen and oxygen atoms in total. The van der Waals surface area contributed by atoms with Gasteiger partial charge in [-0.2, -0.15) is 0 Å². The lowest BCUT2D eigenvalue weighted by Gasteiger charge is -2.16. The largest absolute Gasteiger partial charge is 0.307 e. The first-order chi connectivity index (χ1) is 15.6. The second-order valence-electron chi connectivity index (χ2n) is 10.0. The molecule has 32 heavy (non-hydrogen) atoms. The number of nitrogens with zero attached hydrogens (tertiary/aromatic N) is 3. The minimum Gasteiger partial charge on any atom is -0.307 e. The van der Waals surface area contributed by atoms with Crippen LogP contribution in [0, 0.1) is 19.8 Å². The standard InChI is InChI=1S/C29H28N3/c1-17-12-22-23-16-30-10-8-24(23)32-25-15-20(13-19-6-4-5-7-19)14-21-9-11-31(3)29(27(21)25)26(18(17)2)28(22)32/h8-12,14-16,19H,4-7,13H2,1-3H3/q+1. The van der Waals surface area contributed by atoms with Gasteiger partial charge in [-0.25, -0.2) is 4.57 Å². The van der Waals surface area contributed by atoms with Gasteiger partial charge in [0, 0.05) is 29.2 Å². The van der Waals surface area contributed by atoms with Crippen LogP contribution in [0.15, 0.2) is 48.9 Å². The van der Waals surface area contributed by atoms with Crippen molar-refractivity contribution in [2.45, 2.75) is 46.0 Å². The monoisotopic (exact) mass is 418 g/mol. The van der Waals surface area contributed by atoms with Gasteiger partial charge in [0.1, 0.15) is 7.05 Å². The van der Waals surface area contributed by atoms with E-state index in [1.54, 1.807) is 0 Å². The van der Waals surface area contributed by atoms with Crippen molar-refractivity contribution < 1.29 is 4.57 Å². The first kappa shape index (κ1) is 18.4. The highest BCUT2D eigenvalue weighted by molar-refractivity contribution is 6.26. The molecular formula is C29H28N3+. The number of fused-ring (bicyclic) bond motifs is 5. The zero-order chi connectivity index (χ0) is 21.6. The first-order valence-electron chi connectivity index (χ1n) is 12.0. The van der Waals surface area contributed by atoms with Crippen LogP contribution in [-0.4, -0.2) is 9.38 Å². The van der Waals surface area contributed by atoms with Crippen LogP contribution in [0.25, 0.3) is 49.0 Å². The quantitative estimate of drug-likeness (QED) is 0.177. The Kier molecular flexibility index (Phi) is 3.68. The SMILES string of the molecule is Cc1cc2c3cnccc3n3c4cc(CC5CCCC5)cc5cc[n+](C)c(c(c1C)c23)c54. The van der Waals surface area contributed by atoms with Crippen molar-refractivity contribution in [1.82, 2.24) is 9.38 Å². The van der Waals surface area contributed by atoms with Crippen LogP contribution in [0.4, 0.5) is 0 Å².